The maximum Gasteiger partial charge on any atom is 0.238 e. The van der Waals surface area contributed by atoms with Crippen LogP contribution in [0.4, 0.5) is 5.82 Å². The highest BCUT2D eigenvalue weighted by Gasteiger charge is 2.11. The van der Waals surface area contributed by atoms with Crippen LogP contribution < -0.4 is 10.1 Å². The first kappa shape index (κ1) is 12.8. The summed E-state index contributed by atoms with van der Waals surface area (Å²) in [5.74, 6) is 1.61. The molecule has 0 aliphatic rings. The van der Waals surface area contributed by atoms with E-state index in [4.69, 9.17) is 4.74 Å². The van der Waals surface area contributed by atoms with Gasteiger partial charge in [-0.2, -0.15) is 0 Å². The molecule has 0 bridgehead atoms. The summed E-state index contributed by atoms with van der Waals surface area (Å²) in [5.41, 5.74) is 0.703. The van der Waals surface area contributed by atoms with Crippen molar-refractivity contribution >= 4 is 21.7 Å². The van der Waals surface area contributed by atoms with E-state index in [9.17, 15) is 5.11 Å². The van der Waals surface area contributed by atoms with E-state index in [0.29, 0.717) is 27.5 Å². The van der Waals surface area contributed by atoms with Gasteiger partial charge in [0.1, 0.15) is 22.4 Å². The number of benzene rings is 1. The maximum atomic E-state index is 9.23. The fourth-order valence-electron chi connectivity index (χ4n) is 1.44. The number of aromatic nitrogens is 2. The number of hydrogen-bond acceptors (Lipinski definition) is 5. The van der Waals surface area contributed by atoms with Crippen LogP contribution in [0.3, 0.4) is 0 Å². The Balaban J connectivity index is 2.34. The van der Waals surface area contributed by atoms with Crippen molar-refractivity contribution in [1.82, 2.24) is 9.97 Å². The van der Waals surface area contributed by atoms with Gasteiger partial charge in [0.25, 0.3) is 0 Å². The molecular weight excluding hydrogens is 298 g/mol. The highest BCUT2D eigenvalue weighted by atomic mass is 79.9. The molecule has 0 saturated heterocycles. The van der Waals surface area contributed by atoms with Crippen molar-refractivity contribution in [3.63, 3.8) is 0 Å². The van der Waals surface area contributed by atoms with Gasteiger partial charge >= 0.3 is 0 Å². The van der Waals surface area contributed by atoms with Crippen molar-refractivity contribution in [3.05, 3.63) is 40.6 Å². The monoisotopic (exact) mass is 309 g/mol. The van der Waals surface area contributed by atoms with Gasteiger partial charge in [-0.3, -0.25) is 0 Å². The van der Waals surface area contributed by atoms with Crippen LogP contribution >= 0.6 is 15.9 Å². The van der Waals surface area contributed by atoms with E-state index in [2.05, 4.69) is 31.2 Å². The summed E-state index contributed by atoms with van der Waals surface area (Å²) in [5, 5.41) is 12.2. The molecule has 2 N–H and O–H groups in total. The summed E-state index contributed by atoms with van der Waals surface area (Å²) < 4.78 is 6.31. The molecule has 0 radical (unpaired) electrons. The van der Waals surface area contributed by atoms with Gasteiger partial charge in [0.15, 0.2) is 0 Å². The van der Waals surface area contributed by atoms with Crippen molar-refractivity contribution in [1.29, 1.82) is 0 Å². The van der Waals surface area contributed by atoms with Crippen LogP contribution in [0.5, 0.6) is 11.6 Å². The molecule has 0 fully saturated rings. The number of ether oxygens (including phenoxy) is 1. The quantitative estimate of drug-likeness (QED) is 0.908. The second-order valence-corrected chi connectivity index (χ2v) is 4.25. The molecule has 0 saturated carbocycles. The normalized spacial score (nSPS) is 10.2. The van der Waals surface area contributed by atoms with Crippen molar-refractivity contribution in [2.75, 3.05) is 12.4 Å². The zero-order chi connectivity index (χ0) is 13.0. The topological polar surface area (TPSA) is 67.3 Å². The third kappa shape index (κ3) is 2.60. The van der Waals surface area contributed by atoms with Crippen LogP contribution in [0.15, 0.2) is 35.1 Å². The fourth-order valence-corrected chi connectivity index (χ4v) is 1.92. The van der Waals surface area contributed by atoms with Gasteiger partial charge in [-0.25, -0.2) is 9.97 Å². The van der Waals surface area contributed by atoms with Gasteiger partial charge in [-0.1, -0.05) is 18.2 Å². The largest absolute Gasteiger partial charge is 0.437 e. The molecule has 0 spiro atoms. The molecule has 5 nitrogen and oxygen atoms in total. The van der Waals surface area contributed by atoms with E-state index >= 15 is 0 Å². The first-order valence-corrected chi connectivity index (χ1v) is 6.10. The number of nitrogens with zero attached hydrogens (tertiary/aromatic N) is 2. The average molecular weight is 310 g/mol. The molecule has 2 rings (SSSR count). The van der Waals surface area contributed by atoms with Gasteiger partial charge in [-0.15, -0.1) is 0 Å². The van der Waals surface area contributed by atoms with E-state index in [1.807, 2.05) is 12.1 Å². The number of nitrogens with one attached hydrogen (secondary N) is 1. The minimum absolute atomic E-state index is 0.0856. The molecule has 2 aromatic rings. The number of hydrogen-bond donors (Lipinski definition) is 2. The Hall–Kier alpha value is -1.66. The van der Waals surface area contributed by atoms with Crippen LogP contribution in [0, 0.1) is 0 Å². The van der Waals surface area contributed by atoms with Gasteiger partial charge in [0.05, 0.1) is 6.61 Å². The average Bonchev–Trinajstić information content (AvgIpc) is 2.42. The second kappa shape index (κ2) is 5.79. The standard InChI is InChI=1S/C12H12BrN3O2/c1-14-11-10(13)12(16-7-15-11)18-9-5-3-2-4-8(9)6-17/h2-5,7,17H,6H2,1H3,(H,14,15,16). The fraction of sp³-hybridized carbons (Fsp3) is 0.167. The molecule has 1 aromatic carbocycles. The number of para-hydroxylation sites is 1. The van der Waals surface area contributed by atoms with E-state index in [1.54, 1.807) is 19.2 Å². The third-order valence-corrected chi connectivity index (χ3v) is 3.06. The molecule has 94 valence electrons. The maximum absolute atomic E-state index is 9.23. The SMILES string of the molecule is CNc1ncnc(Oc2ccccc2CO)c1Br. The van der Waals surface area contributed by atoms with Crippen LogP contribution in [-0.4, -0.2) is 22.1 Å². The Morgan fingerprint density at radius 1 is 1.33 bits per heavy atom. The molecule has 18 heavy (non-hydrogen) atoms. The molecule has 0 amide bonds. The minimum atomic E-state index is -0.0856. The van der Waals surface area contributed by atoms with E-state index in [1.165, 1.54) is 6.33 Å². The number of aliphatic hydroxyl groups excluding tert-OH is 1. The predicted octanol–water partition coefficient (Wildman–Crippen LogP) is 2.57. The summed E-state index contributed by atoms with van der Waals surface area (Å²) in [6.07, 6.45) is 1.41. The number of rotatable bonds is 4. The highest BCUT2D eigenvalue weighted by Crippen LogP contribution is 2.32. The predicted molar refractivity (Wildman–Crippen MR) is 71.7 cm³/mol. The third-order valence-electron chi connectivity index (χ3n) is 2.34. The molecule has 6 heteroatoms. The lowest BCUT2D eigenvalue weighted by molar-refractivity contribution is 0.276. The molecule has 1 heterocycles. The van der Waals surface area contributed by atoms with Gasteiger partial charge in [0.2, 0.25) is 5.88 Å². The Morgan fingerprint density at radius 3 is 2.83 bits per heavy atom. The van der Waals surface area contributed by atoms with E-state index in [-0.39, 0.29) is 6.61 Å². The van der Waals surface area contributed by atoms with Crippen LogP contribution in [0.25, 0.3) is 0 Å². The van der Waals surface area contributed by atoms with Crippen molar-refractivity contribution in [2.45, 2.75) is 6.61 Å². The first-order chi connectivity index (χ1) is 8.76. The van der Waals surface area contributed by atoms with Crippen LogP contribution in [0.1, 0.15) is 5.56 Å². The lowest BCUT2D eigenvalue weighted by atomic mass is 10.2. The zero-order valence-corrected chi connectivity index (χ0v) is 11.3. The summed E-state index contributed by atoms with van der Waals surface area (Å²) in [7, 11) is 1.76. The smallest absolute Gasteiger partial charge is 0.238 e. The molecule has 0 aliphatic heterocycles. The van der Waals surface area contributed by atoms with Crippen molar-refractivity contribution in [2.24, 2.45) is 0 Å². The Labute approximate surface area is 113 Å². The van der Waals surface area contributed by atoms with E-state index < -0.39 is 0 Å². The molecule has 0 atom stereocenters. The Morgan fingerprint density at radius 2 is 2.11 bits per heavy atom. The summed E-state index contributed by atoms with van der Waals surface area (Å²) >= 11 is 3.37. The summed E-state index contributed by atoms with van der Waals surface area (Å²) in [6.45, 7) is -0.0856. The van der Waals surface area contributed by atoms with Crippen LogP contribution in [0.2, 0.25) is 0 Å². The van der Waals surface area contributed by atoms with Gasteiger partial charge in [0, 0.05) is 12.6 Å². The number of anilines is 1. The molecule has 0 aliphatic carbocycles. The lowest BCUT2D eigenvalue weighted by Crippen LogP contribution is -1.99. The summed E-state index contributed by atoms with van der Waals surface area (Å²) in [6, 6.07) is 7.25. The lowest BCUT2D eigenvalue weighted by Gasteiger charge is -2.11. The van der Waals surface area contributed by atoms with E-state index in [0.717, 1.165) is 0 Å². The Bertz CT molecular complexity index is 549. The molecule has 0 unspecified atom stereocenters. The van der Waals surface area contributed by atoms with Gasteiger partial charge < -0.3 is 15.2 Å². The van der Waals surface area contributed by atoms with Crippen LogP contribution in [-0.2, 0) is 6.61 Å². The molecular formula is C12H12BrN3O2. The zero-order valence-electron chi connectivity index (χ0n) is 9.72. The second-order valence-electron chi connectivity index (χ2n) is 3.46. The van der Waals surface area contributed by atoms with Crippen molar-refractivity contribution < 1.29 is 9.84 Å². The number of halogens is 1. The first-order valence-electron chi connectivity index (χ1n) is 5.31. The van der Waals surface area contributed by atoms with Crippen molar-refractivity contribution in [3.8, 4) is 11.6 Å². The summed E-state index contributed by atoms with van der Waals surface area (Å²) in [4.78, 5) is 8.10. The Kier molecular flexibility index (Phi) is 4.11. The minimum Gasteiger partial charge on any atom is -0.437 e. The highest BCUT2D eigenvalue weighted by molar-refractivity contribution is 9.10. The number of aliphatic hydroxyl groups is 1. The molecule has 1 aromatic heterocycles. The van der Waals surface area contributed by atoms with Gasteiger partial charge in [-0.05, 0) is 22.0 Å².